The topological polar surface area (TPSA) is 67.5 Å². The Hall–Kier alpha value is -2.42. The smallest absolute Gasteiger partial charge is 0.266 e. The fraction of sp³-hybridized carbons (Fsp3) is 0.500. The quantitative estimate of drug-likeness (QED) is 0.551. The standard InChI is InChI=1S/C26H29F3N2O3/c1-13-8-10-30-24-15(13)9-11-31(24)25-21(32)26(3,33)22(34-25)14(2)18-12-19(23(28)29)20(27)17-7-5-4-6-16(17)18/h8-12,14,21-23,25,32-33H,4-7H2,1-3H3/t14-,21-,22+,25+,26-/m0/s1. The summed E-state index contributed by atoms with van der Waals surface area (Å²) in [6.45, 7) is 5.23. The third kappa shape index (κ3) is 3.46. The summed E-state index contributed by atoms with van der Waals surface area (Å²) in [6, 6.07) is 4.99. The Bertz CT molecular complexity index is 1240. The second kappa shape index (κ2) is 8.36. The van der Waals surface area contributed by atoms with E-state index in [4.69, 9.17) is 4.74 Å². The average molecular weight is 475 g/mol. The van der Waals surface area contributed by atoms with Gasteiger partial charge in [-0.25, -0.2) is 18.2 Å². The molecule has 1 aromatic carbocycles. The number of rotatable bonds is 4. The number of nitrogens with zero attached hydrogens (tertiary/aromatic N) is 2. The van der Waals surface area contributed by atoms with Gasteiger partial charge in [0.25, 0.3) is 6.43 Å². The molecule has 5 atom stereocenters. The van der Waals surface area contributed by atoms with E-state index in [1.165, 1.54) is 13.0 Å². The first-order valence-electron chi connectivity index (χ1n) is 11.7. The van der Waals surface area contributed by atoms with Crippen LogP contribution in [-0.4, -0.2) is 37.6 Å². The summed E-state index contributed by atoms with van der Waals surface area (Å²) in [7, 11) is 0. The number of aliphatic hydroxyl groups excluding tert-OH is 1. The van der Waals surface area contributed by atoms with E-state index in [1.54, 1.807) is 23.9 Å². The molecular weight excluding hydrogens is 445 g/mol. The van der Waals surface area contributed by atoms with Gasteiger partial charge in [0.15, 0.2) is 6.23 Å². The molecule has 2 aliphatic rings. The zero-order chi connectivity index (χ0) is 24.4. The summed E-state index contributed by atoms with van der Waals surface area (Å²) in [5.41, 5.74) is 0.964. The van der Waals surface area contributed by atoms with Gasteiger partial charge in [-0.05, 0) is 80.0 Å². The lowest BCUT2D eigenvalue weighted by Gasteiger charge is -2.33. The molecule has 5 nitrogen and oxygen atoms in total. The number of aryl methyl sites for hydroxylation is 1. The van der Waals surface area contributed by atoms with Gasteiger partial charge in [0, 0.05) is 23.7 Å². The lowest BCUT2D eigenvalue weighted by Crippen LogP contribution is -2.46. The van der Waals surface area contributed by atoms with Gasteiger partial charge in [0.05, 0.1) is 11.7 Å². The summed E-state index contributed by atoms with van der Waals surface area (Å²) in [5, 5.41) is 23.4. The second-order valence-electron chi connectivity index (χ2n) is 9.83. The van der Waals surface area contributed by atoms with Crippen LogP contribution in [0.3, 0.4) is 0 Å². The number of hydrogen-bond acceptors (Lipinski definition) is 4. The van der Waals surface area contributed by atoms with Crippen molar-refractivity contribution in [3.63, 3.8) is 0 Å². The van der Waals surface area contributed by atoms with E-state index < -0.39 is 47.8 Å². The van der Waals surface area contributed by atoms with E-state index >= 15 is 0 Å². The largest absolute Gasteiger partial charge is 0.385 e. The van der Waals surface area contributed by atoms with Crippen LogP contribution in [0, 0.1) is 12.7 Å². The van der Waals surface area contributed by atoms with Crippen LogP contribution < -0.4 is 0 Å². The van der Waals surface area contributed by atoms with E-state index in [2.05, 4.69) is 4.98 Å². The van der Waals surface area contributed by atoms with Gasteiger partial charge in [0.1, 0.15) is 23.2 Å². The molecule has 182 valence electrons. The van der Waals surface area contributed by atoms with Gasteiger partial charge in [-0.3, -0.25) is 0 Å². The van der Waals surface area contributed by atoms with Crippen molar-refractivity contribution in [1.29, 1.82) is 0 Å². The van der Waals surface area contributed by atoms with E-state index in [0.717, 1.165) is 29.4 Å². The molecular formula is C26H29F3N2O3. The van der Waals surface area contributed by atoms with Crippen molar-refractivity contribution in [2.24, 2.45) is 0 Å². The summed E-state index contributed by atoms with van der Waals surface area (Å²) < 4.78 is 50.2. The highest BCUT2D eigenvalue weighted by atomic mass is 19.3. The molecule has 1 aliphatic carbocycles. The predicted molar refractivity (Wildman–Crippen MR) is 121 cm³/mol. The molecule has 0 bridgehead atoms. The monoisotopic (exact) mass is 474 g/mol. The minimum absolute atomic E-state index is 0.344. The third-order valence-corrected chi connectivity index (χ3v) is 7.66. The average Bonchev–Trinajstić information content (AvgIpc) is 3.33. The summed E-state index contributed by atoms with van der Waals surface area (Å²) in [5.74, 6) is -1.38. The Morgan fingerprint density at radius 1 is 1.18 bits per heavy atom. The van der Waals surface area contributed by atoms with Gasteiger partial charge < -0.3 is 19.5 Å². The molecule has 8 heteroatoms. The second-order valence-corrected chi connectivity index (χ2v) is 9.83. The van der Waals surface area contributed by atoms with Crippen LogP contribution in [0.4, 0.5) is 13.2 Å². The fourth-order valence-corrected chi connectivity index (χ4v) is 5.75. The van der Waals surface area contributed by atoms with Crippen LogP contribution in [0.2, 0.25) is 0 Å². The molecule has 0 saturated carbocycles. The molecule has 2 aromatic heterocycles. The number of pyridine rings is 1. The number of aromatic nitrogens is 2. The zero-order valence-electron chi connectivity index (χ0n) is 19.4. The fourth-order valence-electron chi connectivity index (χ4n) is 5.75. The van der Waals surface area contributed by atoms with E-state index in [1.807, 2.05) is 19.1 Å². The number of benzene rings is 1. The Kier molecular flexibility index (Phi) is 5.73. The minimum atomic E-state index is -2.94. The molecule has 3 heterocycles. The van der Waals surface area contributed by atoms with Crippen molar-refractivity contribution in [3.05, 3.63) is 64.2 Å². The number of ether oxygens (including phenoxy) is 1. The van der Waals surface area contributed by atoms with Crippen molar-refractivity contribution >= 4 is 11.0 Å². The number of fused-ring (bicyclic) bond motifs is 2. The number of alkyl halides is 2. The first-order valence-corrected chi connectivity index (χ1v) is 11.7. The molecule has 3 aromatic rings. The lowest BCUT2D eigenvalue weighted by atomic mass is 9.77. The lowest BCUT2D eigenvalue weighted by molar-refractivity contribution is -0.0706. The first kappa shape index (κ1) is 23.3. The van der Waals surface area contributed by atoms with Crippen LogP contribution in [0.15, 0.2) is 30.6 Å². The van der Waals surface area contributed by atoms with E-state index in [9.17, 15) is 23.4 Å². The van der Waals surface area contributed by atoms with Gasteiger partial charge in [-0.1, -0.05) is 6.92 Å². The van der Waals surface area contributed by atoms with Gasteiger partial charge in [-0.15, -0.1) is 0 Å². The maximum Gasteiger partial charge on any atom is 0.266 e. The van der Waals surface area contributed by atoms with E-state index in [0.29, 0.717) is 29.6 Å². The van der Waals surface area contributed by atoms with Gasteiger partial charge in [0.2, 0.25) is 0 Å². The Morgan fingerprint density at radius 3 is 2.59 bits per heavy atom. The summed E-state index contributed by atoms with van der Waals surface area (Å²) >= 11 is 0. The molecule has 2 N–H and O–H groups in total. The molecule has 1 aliphatic heterocycles. The van der Waals surface area contributed by atoms with Crippen molar-refractivity contribution in [1.82, 2.24) is 9.55 Å². The molecule has 1 saturated heterocycles. The maximum atomic E-state index is 14.9. The zero-order valence-corrected chi connectivity index (χ0v) is 19.4. The summed E-state index contributed by atoms with van der Waals surface area (Å²) in [6.07, 6.45) is -0.0380. The highest BCUT2D eigenvalue weighted by Crippen LogP contribution is 2.46. The molecule has 0 unspecified atom stereocenters. The molecule has 1 fully saturated rings. The predicted octanol–water partition coefficient (Wildman–Crippen LogP) is 5.11. The Balaban J connectivity index is 1.56. The number of hydrogen-bond donors (Lipinski definition) is 2. The Labute approximate surface area is 196 Å². The molecule has 34 heavy (non-hydrogen) atoms. The van der Waals surface area contributed by atoms with E-state index in [-0.39, 0.29) is 0 Å². The molecule has 0 spiro atoms. The summed E-state index contributed by atoms with van der Waals surface area (Å²) in [4.78, 5) is 4.42. The number of halogens is 3. The highest BCUT2D eigenvalue weighted by Gasteiger charge is 2.55. The molecule has 5 rings (SSSR count). The normalized spacial score (nSPS) is 28.0. The van der Waals surface area contributed by atoms with Gasteiger partial charge in [-0.2, -0.15) is 0 Å². The van der Waals surface area contributed by atoms with Crippen molar-refractivity contribution in [2.45, 2.75) is 82.8 Å². The van der Waals surface area contributed by atoms with Crippen LogP contribution >= 0.6 is 0 Å². The van der Waals surface area contributed by atoms with Crippen LogP contribution in [-0.2, 0) is 17.6 Å². The van der Waals surface area contributed by atoms with Crippen LogP contribution in [0.1, 0.15) is 73.1 Å². The third-order valence-electron chi connectivity index (χ3n) is 7.66. The number of aliphatic hydroxyl groups is 2. The molecule has 0 amide bonds. The van der Waals surface area contributed by atoms with Crippen LogP contribution in [0.5, 0.6) is 0 Å². The van der Waals surface area contributed by atoms with Crippen molar-refractivity contribution in [3.8, 4) is 0 Å². The minimum Gasteiger partial charge on any atom is -0.385 e. The van der Waals surface area contributed by atoms with Crippen LogP contribution in [0.25, 0.3) is 11.0 Å². The maximum absolute atomic E-state index is 14.9. The first-order chi connectivity index (χ1) is 16.1. The SMILES string of the molecule is Cc1ccnc2c1ccn2[C@@H]1O[C@H]([C@@H](C)c2cc(C(F)F)c(F)c3c2CCCC3)[C@@](C)(O)[C@H]1O. The van der Waals surface area contributed by atoms with Crippen molar-refractivity contribution < 1.29 is 28.1 Å². The highest BCUT2D eigenvalue weighted by molar-refractivity contribution is 5.79. The Morgan fingerprint density at radius 2 is 1.88 bits per heavy atom. The van der Waals surface area contributed by atoms with Crippen molar-refractivity contribution in [2.75, 3.05) is 0 Å². The van der Waals surface area contributed by atoms with Gasteiger partial charge >= 0.3 is 0 Å². The molecule has 0 radical (unpaired) electrons.